The number of nitrogens with one attached hydrogen (secondary N) is 1. The predicted octanol–water partition coefficient (Wildman–Crippen LogP) is 2.85. The zero-order valence-corrected chi connectivity index (χ0v) is 10.1. The molecule has 1 saturated carbocycles. The summed E-state index contributed by atoms with van der Waals surface area (Å²) in [6, 6.07) is 11.0. The smallest absolute Gasteiger partial charge is 0.139 e. The van der Waals surface area contributed by atoms with Crippen molar-refractivity contribution in [2.24, 2.45) is 5.92 Å². The molecule has 2 aliphatic rings. The van der Waals surface area contributed by atoms with Crippen molar-refractivity contribution >= 4 is 5.78 Å². The number of rotatable bonds is 1. The normalized spacial score (nSPS) is 33.2. The number of carbonyl (C=O) groups excluding carboxylic acids is 1. The van der Waals surface area contributed by atoms with Crippen molar-refractivity contribution in [1.82, 2.24) is 5.32 Å². The van der Waals surface area contributed by atoms with Crippen LogP contribution in [0.5, 0.6) is 0 Å². The second-order valence-corrected chi connectivity index (χ2v) is 5.30. The van der Waals surface area contributed by atoms with Gasteiger partial charge in [0.05, 0.1) is 0 Å². The van der Waals surface area contributed by atoms with E-state index in [0.717, 1.165) is 6.42 Å². The molecule has 0 radical (unpaired) electrons. The average molecular weight is 229 g/mol. The molecule has 0 amide bonds. The molecule has 1 aromatic carbocycles. The third kappa shape index (κ3) is 2.14. The van der Waals surface area contributed by atoms with E-state index < -0.39 is 0 Å². The zero-order chi connectivity index (χ0) is 11.7. The van der Waals surface area contributed by atoms with E-state index in [-0.39, 0.29) is 6.04 Å². The van der Waals surface area contributed by atoms with Crippen LogP contribution in [0, 0.1) is 5.92 Å². The van der Waals surface area contributed by atoms with E-state index in [1.54, 1.807) is 0 Å². The second-order valence-electron chi connectivity index (χ2n) is 5.30. The Labute approximate surface area is 102 Å². The van der Waals surface area contributed by atoms with Crippen molar-refractivity contribution < 1.29 is 4.79 Å². The largest absolute Gasteiger partial charge is 0.306 e. The van der Waals surface area contributed by atoms with E-state index >= 15 is 0 Å². The first-order valence-corrected chi connectivity index (χ1v) is 6.68. The van der Waals surface area contributed by atoms with Gasteiger partial charge in [0.1, 0.15) is 5.78 Å². The van der Waals surface area contributed by atoms with Crippen LogP contribution in [0.25, 0.3) is 0 Å². The Morgan fingerprint density at radius 1 is 1.06 bits per heavy atom. The topological polar surface area (TPSA) is 29.1 Å². The van der Waals surface area contributed by atoms with Crippen LogP contribution in [0.4, 0.5) is 0 Å². The predicted molar refractivity (Wildman–Crippen MR) is 67.7 cm³/mol. The minimum atomic E-state index is 0.239. The van der Waals surface area contributed by atoms with E-state index in [9.17, 15) is 4.79 Å². The lowest BCUT2D eigenvalue weighted by atomic mass is 9.76. The Bertz CT molecular complexity index is 401. The molecule has 2 nitrogen and oxygen atoms in total. The lowest BCUT2D eigenvalue weighted by Crippen LogP contribution is -2.49. The molecule has 1 saturated heterocycles. The summed E-state index contributed by atoms with van der Waals surface area (Å²) in [4.78, 5) is 12.2. The lowest BCUT2D eigenvalue weighted by Gasteiger charge is -2.39. The van der Waals surface area contributed by atoms with Crippen molar-refractivity contribution in [1.29, 1.82) is 0 Å². The fourth-order valence-electron chi connectivity index (χ4n) is 3.29. The Morgan fingerprint density at radius 3 is 2.65 bits per heavy atom. The zero-order valence-electron chi connectivity index (χ0n) is 10.1. The Hall–Kier alpha value is -1.15. The van der Waals surface area contributed by atoms with Gasteiger partial charge in [0.2, 0.25) is 0 Å². The number of benzene rings is 1. The molecule has 17 heavy (non-hydrogen) atoms. The molecule has 1 N–H and O–H groups in total. The van der Waals surface area contributed by atoms with Gasteiger partial charge in [-0.3, -0.25) is 4.79 Å². The average Bonchev–Trinajstić information content (AvgIpc) is 2.40. The summed E-state index contributed by atoms with van der Waals surface area (Å²) in [6.45, 7) is 0. The summed E-state index contributed by atoms with van der Waals surface area (Å²) in [5, 5.41) is 3.68. The monoisotopic (exact) mass is 229 g/mol. The van der Waals surface area contributed by atoms with E-state index in [4.69, 9.17) is 0 Å². The number of piperidine rings is 1. The fourth-order valence-corrected chi connectivity index (χ4v) is 3.29. The maximum Gasteiger partial charge on any atom is 0.139 e. The minimum absolute atomic E-state index is 0.239. The van der Waals surface area contributed by atoms with E-state index in [1.807, 2.05) is 6.07 Å². The number of hydrogen-bond acceptors (Lipinski definition) is 2. The summed E-state index contributed by atoms with van der Waals surface area (Å²) in [5.74, 6) is 0.769. The Morgan fingerprint density at radius 2 is 1.82 bits per heavy atom. The molecule has 0 spiro atoms. The summed E-state index contributed by atoms with van der Waals surface area (Å²) >= 11 is 0. The Kier molecular flexibility index (Phi) is 2.98. The number of Topliss-reactive ketones (excluding diaryl/α,β-unsaturated/α-hetero) is 1. The third-order valence-electron chi connectivity index (χ3n) is 4.20. The molecule has 2 heteroatoms. The van der Waals surface area contributed by atoms with Crippen LogP contribution in [-0.2, 0) is 4.79 Å². The van der Waals surface area contributed by atoms with Crippen LogP contribution in [0.15, 0.2) is 30.3 Å². The van der Waals surface area contributed by atoms with Crippen LogP contribution in [0.3, 0.4) is 0 Å². The lowest BCUT2D eigenvalue weighted by molar-refractivity contribution is -0.127. The number of ketones is 1. The molecule has 3 atom stereocenters. The fraction of sp³-hybridized carbons (Fsp3) is 0.533. The van der Waals surface area contributed by atoms with Crippen molar-refractivity contribution in [3.8, 4) is 0 Å². The van der Waals surface area contributed by atoms with Gasteiger partial charge in [0.25, 0.3) is 0 Å². The highest BCUT2D eigenvalue weighted by molar-refractivity contribution is 5.83. The molecular formula is C15H19NO. The van der Waals surface area contributed by atoms with Crippen LogP contribution < -0.4 is 5.32 Å². The maximum atomic E-state index is 12.2. The van der Waals surface area contributed by atoms with Crippen molar-refractivity contribution in [3.63, 3.8) is 0 Å². The molecular weight excluding hydrogens is 210 g/mol. The molecule has 1 aliphatic carbocycles. The molecule has 90 valence electrons. The first kappa shape index (κ1) is 11.0. The van der Waals surface area contributed by atoms with Gasteiger partial charge in [-0.1, -0.05) is 43.2 Å². The van der Waals surface area contributed by atoms with Gasteiger partial charge in [0.15, 0.2) is 0 Å². The van der Waals surface area contributed by atoms with Crippen LogP contribution >= 0.6 is 0 Å². The highest BCUT2D eigenvalue weighted by Crippen LogP contribution is 2.34. The summed E-state index contributed by atoms with van der Waals surface area (Å²) in [6.07, 6.45) is 5.43. The quantitative estimate of drug-likeness (QED) is 0.802. The van der Waals surface area contributed by atoms with E-state index in [1.165, 1.54) is 24.8 Å². The molecule has 1 aromatic rings. The first-order valence-electron chi connectivity index (χ1n) is 6.68. The second kappa shape index (κ2) is 4.61. The van der Waals surface area contributed by atoms with Crippen molar-refractivity contribution in [2.75, 3.05) is 0 Å². The summed E-state index contributed by atoms with van der Waals surface area (Å²) in [5.41, 5.74) is 1.25. The van der Waals surface area contributed by atoms with Crippen molar-refractivity contribution in [3.05, 3.63) is 35.9 Å². The van der Waals surface area contributed by atoms with Crippen LogP contribution in [-0.4, -0.2) is 11.8 Å². The van der Waals surface area contributed by atoms with E-state index in [0.29, 0.717) is 24.2 Å². The Balaban J connectivity index is 1.79. The van der Waals surface area contributed by atoms with Gasteiger partial charge in [-0.15, -0.1) is 0 Å². The number of fused-ring (bicyclic) bond motifs is 1. The van der Waals surface area contributed by atoms with E-state index in [2.05, 4.69) is 29.6 Å². The first-order chi connectivity index (χ1) is 8.34. The highest BCUT2D eigenvalue weighted by atomic mass is 16.1. The van der Waals surface area contributed by atoms with Gasteiger partial charge < -0.3 is 5.32 Å². The molecule has 0 bridgehead atoms. The summed E-state index contributed by atoms with van der Waals surface area (Å²) < 4.78 is 0. The molecule has 2 fully saturated rings. The highest BCUT2D eigenvalue weighted by Gasteiger charge is 2.37. The third-order valence-corrected chi connectivity index (χ3v) is 4.20. The maximum absolute atomic E-state index is 12.2. The van der Waals surface area contributed by atoms with Crippen LogP contribution in [0.2, 0.25) is 0 Å². The molecule has 1 heterocycles. The minimum Gasteiger partial charge on any atom is -0.306 e. The van der Waals surface area contributed by atoms with Gasteiger partial charge in [0, 0.05) is 24.4 Å². The van der Waals surface area contributed by atoms with Crippen molar-refractivity contribution in [2.45, 2.75) is 44.2 Å². The number of carbonyl (C=O) groups is 1. The molecule has 1 aliphatic heterocycles. The standard InChI is InChI=1S/C15H19NO/c17-15-10-14(11-6-2-1-3-7-11)16-13-9-5-4-8-12(13)15/h1-3,6-7,12-14,16H,4-5,8-10H2/t12-,13-,14-/m0/s1. The van der Waals surface area contributed by atoms with Gasteiger partial charge in [-0.25, -0.2) is 0 Å². The molecule has 3 rings (SSSR count). The summed E-state index contributed by atoms with van der Waals surface area (Å²) in [7, 11) is 0. The SMILES string of the molecule is O=C1C[C@@H](c2ccccc2)N[C@H]2CCCC[C@H]12. The van der Waals surface area contributed by atoms with Gasteiger partial charge >= 0.3 is 0 Å². The van der Waals surface area contributed by atoms with Crippen LogP contribution in [0.1, 0.15) is 43.7 Å². The van der Waals surface area contributed by atoms with Gasteiger partial charge in [-0.05, 0) is 18.4 Å². The van der Waals surface area contributed by atoms with Gasteiger partial charge in [-0.2, -0.15) is 0 Å². The molecule has 0 aromatic heterocycles. The molecule has 0 unspecified atom stereocenters. The number of hydrogen-bond donors (Lipinski definition) is 1.